The van der Waals surface area contributed by atoms with Crippen LogP contribution in [0.2, 0.25) is 0 Å². The Kier molecular flexibility index (Phi) is 4.97. The first-order valence-corrected chi connectivity index (χ1v) is 8.68. The third-order valence-corrected chi connectivity index (χ3v) is 5.21. The van der Waals surface area contributed by atoms with Gasteiger partial charge in [0.15, 0.2) is 0 Å². The van der Waals surface area contributed by atoms with Crippen molar-refractivity contribution in [2.24, 2.45) is 5.41 Å². The monoisotopic (exact) mass is 344 g/mol. The summed E-state index contributed by atoms with van der Waals surface area (Å²) in [6.07, 6.45) is 6.18. The van der Waals surface area contributed by atoms with Gasteiger partial charge in [-0.15, -0.1) is 0 Å². The van der Waals surface area contributed by atoms with Crippen molar-refractivity contribution in [2.45, 2.75) is 38.5 Å². The van der Waals surface area contributed by atoms with Gasteiger partial charge in [-0.05, 0) is 36.6 Å². The number of aliphatic carboxylic acids is 1. The minimum atomic E-state index is -0.808. The first kappa shape index (κ1) is 17.3. The van der Waals surface area contributed by atoms with E-state index in [0.29, 0.717) is 12.8 Å². The summed E-state index contributed by atoms with van der Waals surface area (Å²) in [7, 11) is 1.61. The van der Waals surface area contributed by atoms with Crippen LogP contribution in [0, 0.1) is 5.41 Å². The molecule has 1 aromatic carbocycles. The van der Waals surface area contributed by atoms with Gasteiger partial charge in [-0.25, -0.2) is 0 Å². The van der Waals surface area contributed by atoms with Crippen molar-refractivity contribution in [2.75, 3.05) is 13.7 Å². The molecule has 2 aromatic rings. The van der Waals surface area contributed by atoms with E-state index < -0.39 is 11.4 Å². The number of rotatable bonds is 6. The number of nitrogens with one attached hydrogen (secondary N) is 2. The maximum absolute atomic E-state index is 12.4. The van der Waals surface area contributed by atoms with E-state index in [1.54, 1.807) is 7.11 Å². The number of hydrogen-bond acceptors (Lipinski definition) is 3. The highest BCUT2D eigenvalue weighted by atomic mass is 16.5. The summed E-state index contributed by atoms with van der Waals surface area (Å²) in [5.41, 5.74) is 1.01. The number of H-pyrrole nitrogens is 1. The predicted octanol–water partition coefficient (Wildman–Crippen LogP) is 2.87. The molecular weight excluding hydrogens is 320 g/mol. The van der Waals surface area contributed by atoms with Crippen molar-refractivity contribution >= 4 is 22.8 Å². The van der Waals surface area contributed by atoms with E-state index in [9.17, 15) is 14.7 Å². The number of fused-ring (bicyclic) bond motifs is 1. The van der Waals surface area contributed by atoms with Gasteiger partial charge in [0.25, 0.3) is 0 Å². The molecule has 1 amide bonds. The van der Waals surface area contributed by atoms with Gasteiger partial charge in [0, 0.05) is 23.6 Å². The largest absolute Gasteiger partial charge is 0.497 e. The Labute approximate surface area is 146 Å². The lowest BCUT2D eigenvalue weighted by atomic mass is 9.74. The van der Waals surface area contributed by atoms with E-state index in [1.807, 2.05) is 24.4 Å². The van der Waals surface area contributed by atoms with E-state index in [-0.39, 0.29) is 18.9 Å². The number of carbonyl (C=O) groups excluding carboxylic acids is 1. The molecule has 0 saturated heterocycles. The molecule has 0 atom stereocenters. The summed E-state index contributed by atoms with van der Waals surface area (Å²) in [6, 6.07) is 5.67. The molecule has 1 saturated carbocycles. The van der Waals surface area contributed by atoms with Crippen LogP contribution in [-0.4, -0.2) is 35.6 Å². The molecule has 6 heteroatoms. The molecule has 1 fully saturated rings. The van der Waals surface area contributed by atoms with E-state index in [2.05, 4.69) is 10.3 Å². The average molecular weight is 344 g/mol. The molecule has 6 nitrogen and oxygen atoms in total. The zero-order valence-corrected chi connectivity index (χ0v) is 14.4. The summed E-state index contributed by atoms with van der Waals surface area (Å²) in [6.45, 7) is 0.201. The fraction of sp³-hybridized carbons (Fsp3) is 0.474. The van der Waals surface area contributed by atoms with E-state index in [4.69, 9.17) is 4.74 Å². The fourth-order valence-corrected chi connectivity index (χ4v) is 3.63. The Bertz CT molecular complexity index is 775. The van der Waals surface area contributed by atoms with Crippen molar-refractivity contribution in [3.8, 4) is 5.75 Å². The Morgan fingerprint density at radius 2 is 2.04 bits per heavy atom. The van der Waals surface area contributed by atoms with Gasteiger partial charge in [0.1, 0.15) is 5.75 Å². The third kappa shape index (κ3) is 3.62. The molecule has 3 N–H and O–H groups in total. The first-order chi connectivity index (χ1) is 12.0. The number of ether oxygens (including phenoxy) is 1. The van der Waals surface area contributed by atoms with Gasteiger partial charge < -0.3 is 20.1 Å². The second-order valence-electron chi connectivity index (χ2n) is 6.83. The van der Waals surface area contributed by atoms with Crippen LogP contribution < -0.4 is 10.1 Å². The number of amides is 1. The SMILES string of the molecule is COc1ccc2[nH]cc(CC(=O)NCC3(C(=O)O)CCCCC3)c2c1. The van der Waals surface area contributed by atoms with E-state index in [1.165, 1.54) is 0 Å². The number of carboxylic acids is 1. The molecule has 1 aromatic heterocycles. The number of carboxylic acid groups (broad SMARTS) is 1. The number of methoxy groups -OCH3 is 1. The van der Waals surface area contributed by atoms with Crippen molar-refractivity contribution in [3.63, 3.8) is 0 Å². The van der Waals surface area contributed by atoms with Crippen LogP contribution in [0.3, 0.4) is 0 Å². The smallest absolute Gasteiger partial charge is 0.311 e. The Morgan fingerprint density at radius 3 is 2.72 bits per heavy atom. The molecule has 25 heavy (non-hydrogen) atoms. The standard InChI is InChI=1S/C19H24N2O4/c1-25-14-5-6-16-15(10-14)13(11-20-16)9-17(22)21-12-19(18(23)24)7-3-2-4-8-19/h5-6,10-11,20H,2-4,7-9,12H2,1H3,(H,21,22)(H,23,24). The maximum atomic E-state index is 12.4. The minimum absolute atomic E-state index is 0.157. The first-order valence-electron chi connectivity index (χ1n) is 8.68. The molecule has 0 radical (unpaired) electrons. The number of aromatic amines is 1. The van der Waals surface area contributed by atoms with Gasteiger partial charge >= 0.3 is 5.97 Å². The molecule has 1 aliphatic carbocycles. The normalized spacial score (nSPS) is 16.5. The van der Waals surface area contributed by atoms with Crippen LogP contribution in [0.1, 0.15) is 37.7 Å². The highest BCUT2D eigenvalue weighted by Crippen LogP contribution is 2.36. The summed E-state index contributed by atoms with van der Waals surface area (Å²) in [5, 5.41) is 13.4. The number of aromatic nitrogens is 1. The molecule has 0 bridgehead atoms. The van der Waals surface area contributed by atoms with Crippen LogP contribution >= 0.6 is 0 Å². The Balaban J connectivity index is 1.67. The van der Waals surface area contributed by atoms with Crippen molar-refractivity contribution in [1.29, 1.82) is 0 Å². The van der Waals surface area contributed by atoms with E-state index >= 15 is 0 Å². The second-order valence-corrected chi connectivity index (χ2v) is 6.83. The third-order valence-electron chi connectivity index (χ3n) is 5.21. The second kappa shape index (κ2) is 7.17. The number of carbonyl (C=O) groups is 2. The van der Waals surface area contributed by atoms with Crippen LogP contribution in [-0.2, 0) is 16.0 Å². The van der Waals surface area contributed by atoms with E-state index in [0.717, 1.165) is 41.5 Å². The number of benzene rings is 1. The molecule has 0 spiro atoms. The molecular formula is C19H24N2O4. The molecule has 3 rings (SSSR count). The van der Waals surface area contributed by atoms with Gasteiger partial charge in [0.2, 0.25) is 5.91 Å². The number of hydrogen-bond donors (Lipinski definition) is 3. The maximum Gasteiger partial charge on any atom is 0.311 e. The van der Waals surface area contributed by atoms with Gasteiger partial charge in [-0.3, -0.25) is 9.59 Å². The summed E-state index contributed by atoms with van der Waals surface area (Å²) >= 11 is 0. The lowest BCUT2D eigenvalue weighted by molar-refractivity contribution is -0.151. The minimum Gasteiger partial charge on any atom is -0.497 e. The topological polar surface area (TPSA) is 91.4 Å². The quantitative estimate of drug-likeness (QED) is 0.751. The lowest BCUT2D eigenvalue weighted by Crippen LogP contribution is -2.44. The van der Waals surface area contributed by atoms with Gasteiger partial charge in [-0.2, -0.15) is 0 Å². The van der Waals surface area contributed by atoms with Crippen LogP contribution in [0.4, 0.5) is 0 Å². The Hall–Kier alpha value is -2.50. The molecule has 0 aliphatic heterocycles. The summed E-state index contributed by atoms with van der Waals surface area (Å²) in [4.78, 5) is 27.2. The highest BCUT2D eigenvalue weighted by molar-refractivity contribution is 5.90. The summed E-state index contributed by atoms with van der Waals surface area (Å²) in [5.74, 6) is -0.222. The highest BCUT2D eigenvalue weighted by Gasteiger charge is 2.39. The van der Waals surface area contributed by atoms with Crippen molar-refractivity contribution in [1.82, 2.24) is 10.3 Å². The zero-order valence-electron chi connectivity index (χ0n) is 14.4. The Morgan fingerprint density at radius 1 is 1.28 bits per heavy atom. The van der Waals surface area contributed by atoms with Gasteiger partial charge in [0.05, 0.1) is 18.9 Å². The van der Waals surface area contributed by atoms with Crippen LogP contribution in [0.25, 0.3) is 10.9 Å². The lowest BCUT2D eigenvalue weighted by Gasteiger charge is -2.33. The van der Waals surface area contributed by atoms with Gasteiger partial charge in [-0.1, -0.05) is 19.3 Å². The molecule has 1 heterocycles. The van der Waals surface area contributed by atoms with Crippen molar-refractivity contribution < 1.29 is 19.4 Å². The van der Waals surface area contributed by atoms with Crippen LogP contribution in [0.15, 0.2) is 24.4 Å². The predicted molar refractivity (Wildman–Crippen MR) is 94.7 cm³/mol. The molecule has 1 aliphatic rings. The molecule has 134 valence electrons. The zero-order chi connectivity index (χ0) is 17.9. The molecule has 0 unspecified atom stereocenters. The summed E-state index contributed by atoms with van der Waals surface area (Å²) < 4.78 is 5.24. The fourth-order valence-electron chi connectivity index (χ4n) is 3.63. The van der Waals surface area contributed by atoms with Crippen molar-refractivity contribution in [3.05, 3.63) is 30.0 Å². The average Bonchev–Trinajstić information content (AvgIpc) is 3.02. The van der Waals surface area contributed by atoms with Crippen LogP contribution in [0.5, 0.6) is 5.75 Å².